The summed E-state index contributed by atoms with van der Waals surface area (Å²) in [6.45, 7) is 5.86. The number of rotatable bonds is 6. The summed E-state index contributed by atoms with van der Waals surface area (Å²) >= 11 is 2.67. The van der Waals surface area contributed by atoms with Crippen molar-refractivity contribution in [2.24, 2.45) is 0 Å². The Labute approximate surface area is 126 Å². The molecule has 0 aliphatic carbocycles. The highest BCUT2D eigenvalue weighted by atomic mass is 32.2. The van der Waals surface area contributed by atoms with Crippen molar-refractivity contribution in [2.45, 2.75) is 42.8 Å². The van der Waals surface area contributed by atoms with Gasteiger partial charge >= 0.3 is 6.03 Å². The molecule has 0 aliphatic rings. The van der Waals surface area contributed by atoms with Crippen molar-refractivity contribution in [3.63, 3.8) is 0 Å². The molecule has 0 spiro atoms. The number of imide groups is 1. The summed E-state index contributed by atoms with van der Waals surface area (Å²) in [5.41, 5.74) is 0. The Kier molecular flexibility index (Phi) is 6.73. The first-order chi connectivity index (χ1) is 9.46. The van der Waals surface area contributed by atoms with Crippen LogP contribution in [0.4, 0.5) is 9.93 Å². The molecule has 0 aliphatic heterocycles. The van der Waals surface area contributed by atoms with E-state index in [1.165, 1.54) is 30.1 Å². The first-order valence-electron chi connectivity index (χ1n) is 6.25. The fourth-order valence-corrected chi connectivity index (χ4v) is 3.12. The van der Waals surface area contributed by atoms with Gasteiger partial charge in [0.2, 0.25) is 11.0 Å². The third-order valence-electron chi connectivity index (χ3n) is 2.50. The van der Waals surface area contributed by atoms with Crippen LogP contribution < -0.4 is 16.0 Å². The average molecular weight is 317 g/mol. The highest BCUT2D eigenvalue weighted by Gasteiger charge is 2.19. The van der Waals surface area contributed by atoms with Gasteiger partial charge in [-0.3, -0.25) is 10.1 Å². The standard InChI is InChI=1S/C11H19N5O2S2/c1-5-6(2)13-10-15-16-11(20-10)19-7(3)8(17)14-9(18)12-4/h6-7H,5H2,1-4H3,(H,13,15)(H2,12,14,17,18)/t6-,7-/m0/s1. The summed E-state index contributed by atoms with van der Waals surface area (Å²) in [6, 6.07) is -0.186. The normalized spacial score (nSPS) is 13.4. The topological polar surface area (TPSA) is 96.0 Å². The third-order valence-corrected chi connectivity index (χ3v) is 4.54. The van der Waals surface area contributed by atoms with Crippen LogP contribution in [0.3, 0.4) is 0 Å². The zero-order valence-corrected chi connectivity index (χ0v) is 13.5. The molecule has 1 aromatic heterocycles. The average Bonchev–Trinajstić information content (AvgIpc) is 2.85. The minimum Gasteiger partial charge on any atom is -0.358 e. The second-order valence-corrected chi connectivity index (χ2v) is 6.72. The van der Waals surface area contributed by atoms with Crippen molar-refractivity contribution in [2.75, 3.05) is 12.4 Å². The largest absolute Gasteiger partial charge is 0.358 e. The molecule has 7 nitrogen and oxygen atoms in total. The lowest BCUT2D eigenvalue weighted by atomic mass is 10.3. The fourth-order valence-electron chi connectivity index (χ4n) is 1.11. The van der Waals surface area contributed by atoms with Crippen LogP contribution in [0.25, 0.3) is 0 Å². The molecule has 20 heavy (non-hydrogen) atoms. The van der Waals surface area contributed by atoms with E-state index in [9.17, 15) is 9.59 Å². The van der Waals surface area contributed by atoms with Crippen molar-refractivity contribution >= 4 is 40.2 Å². The summed E-state index contributed by atoms with van der Waals surface area (Å²) in [5.74, 6) is -0.360. The molecule has 9 heteroatoms. The molecular weight excluding hydrogens is 298 g/mol. The minimum absolute atomic E-state index is 0.328. The predicted octanol–water partition coefficient (Wildman–Crippen LogP) is 1.68. The number of hydrogen-bond donors (Lipinski definition) is 3. The van der Waals surface area contributed by atoms with Gasteiger partial charge in [-0.1, -0.05) is 30.0 Å². The van der Waals surface area contributed by atoms with E-state index in [0.717, 1.165) is 11.6 Å². The monoisotopic (exact) mass is 317 g/mol. The van der Waals surface area contributed by atoms with Crippen molar-refractivity contribution in [3.8, 4) is 0 Å². The number of hydrogen-bond acceptors (Lipinski definition) is 7. The van der Waals surface area contributed by atoms with Crippen molar-refractivity contribution in [3.05, 3.63) is 0 Å². The second kappa shape index (κ2) is 8.05. The van der Waals surface area contributed by atoms with Crippen LogP contribution in [-0.2, 0) is 4.79 Å². The number of aromatic nitrogens is 2. The van der Waals surface area contributed by atoms with Gasteiger partial charge in [-0.05, 0) is 20.3 Å². The van der Waals surface area contributed by atoms with Gasteiger partial charge < -0.3 is 10.6 Å². The molecule has 0 unspecified atom stereocenters. The Morgan fingerprint density at radius 2 is 2.05 bits per heavy atom. The van der Waals surface area contributed by atoms with E-state index in [1.807, 2.05) is 0 Å². The lowest BCUT2D eigenvalue weighted by Gasteiger charge is -2.09. The van der Waals surface area contributed by atoms with Crippen LogP contribution in [0.2, 0.25) is 0 Å². The number of nitrogens with one attached hydrogen (secondary N) is 3. The molecule has 0 saturated carbocycles. The van der Waals surface area contributed by atoms with Crippen LogP contribution in [0, 0.1) is 0 Å². The van der Waals surface area contributed by atoms with E-state index in [-0.39, 0.29) is 5.91 Å². The summed E-state index contributed by atoms with van der Waals surface area (Å²) in [4.78, 5) is 22.7. The molecule has 0 radical (unpaired) electrons. The SMILES string of the molecule is CC[C@H](C)Nc1nnc(S[C@@H](C)C(=O)NC(=O)NC)s1. The van der Waals surface area contributed by atoms with Gasteiger partial charge in [-0.2, -0.15) is 0 Å². The molecule has 0 bridgehead atoms. The highest BCUT2D eigenvalue weighted by molar-refractivity contribution is 8.02. The summed E-state index contributed by atoms with van der Waals surface area (Å²) in [7, 11) is 1.46. The van der Waals surface area contributed by atoms with E-state index in [2.05, 4.69) is 40.0 Å². The molecule has 112 valence electrons. The first-order valence-corrected chi connectivity index (χ1v) is 7.95. The van der Waals surface area contributed by atoms with Gasteiger partial charge in [0, 0.05) is 13.1 Å². The van der Waals surface area contributed by atoms with Crippen LogP contribution in [-0.4, -0.2) is 40.5 Å². The minimum atomic E-state index is -0.515. The van der Waals surface area contributed by atoms with Crippen molar-refractivity contribution < 1.29 is 9.59 Å². The molecule has 0 saturated heterocycles. The Morgan fingerprint density at radius 1 is 1.35 bits per heavy atom. The highest BCUT2D eigenvalue weighted by Crippen LogP contribution is 2.29. The lowest BCUT2D eigenvalue weighted by Crippen LogP contribution is -2.41. The summed E-state index contributed by atoms with van der Waals surface area (Å²) in [5, 5.41) is 16.1. The molecule has 3 N–H and O–H groups in total. The summed E-state index contributed by atoms with van der Waals surface area (Å²) in [6.07, 6.45) is 0.993. The van der Waals surface area contributed by atoms with Gasteiger partial charge in [0.1, 0.15) is 0 Å². The quantitative estimate of drug-likeness (QED) is 0.691. The maximum atomic E-state index is 11.7. The number of thioether (sulfide) groups is 1. The van der Waals surface area contributed by atoms with Crippen LogP contribution in [0.15, 0.2) is 4.34 Å². The molecular formula is C11H19N5O2S2. The van der Waals surface area contributed by atoms with Gasteiger partial charge in [-0.15, -0.1) is 10.2 Å². The molecule has 1 heterocycles. The van der Waals surface area contributed by atoms with Crippen LogP contribution in [0.5, 0.6) is 0 Å². The van der Waals surface area contributed by atoms with E-state index < -0.39 is 11.3 Å². The molecule has 0 fully saturated rings. The van der Waals surface area contributed by atoms with Crippen LogP contribution >= 0.6 is 23.1 Å². The first kappa shape index (κ1) is 16.7. The predicted molar refractivity (Wildman–Crippen MR) is 81.2 cm³/mol. The zero-order valence-electron chi connectivity index (χ0n) is 11.9. The molecule has 2 atom stereocenters. The maximum Gasteiger partial charge on any atom is 0.321 e. The molecule has 0 aromatic carbocycles. The molecule has 1 aromatic rings. The fraction of sp³-hybridized carbons (Fsp3) is 0.636. The Balaban J connectivity index is 2.51. The lowest BCUT2D eigenvalue weighted by molar-refractivity contribution is -0.119. The second-order valence-electron chi connectivity index (χ2n) is 4.16. The van der Waals surface area contributed by atoms with Gasteiger partial charge in [-0.25, -0.2) is 4.79 Å². The molecule has 1 rings (SSSR count). The Hall–Kier alpha value is -1.35. The van der Waals surface area contributed by atoms with Gasteiger partial charge in [0.15, 0.2) is 4.34 Å². The third kappa shape index (κ3) is 5.33. The Bertz CT molecular complexity index is 465. The smallest absolute Gasteiger partial charge is 0.321 e. The number of carbonyl (C=O) groups excluding carboxylic acids is 2. The van der Waals surface area contributed by atoms with E-state index in [0.29, 0.717) is 10.4 Å². The van der Waals surface area contributed by atoms with E-state index in [4.69, 9.17) is 0 Å². The number of urea groups is 1. The van der Waals surface area contributed by atoms with E-state index in [1.54, 1.807) is 6.92 Å². The van der Waals surface area contributed by atoms with Gasteiger partial charge in [0.25, 0.3) is 0 Å². The zero-order chi connectivity index (χ0) is 15.1. The van der Waals surface area contributed by atoms with Gasteiger partial charge in [0.05, 0.1) is 5.25 Å². The van der Waals surface area contributed by atoms with E-state index >= 15 is 0 Å². The number of carbonyl (C=O) groups is 2. The van der Waals surface area contributed by atoms with Crippen molar-refractivity contribution in [1.82, 2.24) is 20.8 Å². The maximum absolute atomic E-state index is 11.7. The number of amides is 3. The van der Waals surface area contributed by atoms with Crippen molar-refractivity contribution in [1.29, 1.82) is 0 Å². The molecule has 3 amide bonds. The van der Waals surface area contributed by atoms with Crippen LogP contribution in [0.1, 0.15) is 27.2 Å². The number of anilines is 1. The number of nitrogens with zero attached hydrogens (tertiary/aromatic N) is 2. The summed E-state index contributed by atoms with van der Waals surface area (Å²) < 4.78 is 0.690. The Morgan fingerprint density at radius 3 is 2.65 bits per heavy atom.